The Morgan fingerprint density at radius 2 is 1.72 bits per heavy atom. The Morgan fingerprint density at radius 3 is 2.32 bits per heavy atom. The fraction of sp³-hybridized carbons (Fsp3) is 0.600. The van der Waals surface area contributed by atoms with Crippen LogP contribution in [0.1, 0.15) is 64.4 Å². The van der Waals surface area contributed by atoms with E-state index in [4.69, 9.17) is 5.73 Å². The zero-order valence-corrected chi connectivity index (χ0v) is 15.5. The molecule has 0 aliphatic heterocycles. The molecule has 5 nitrogen and oxygen atoms in total. The highest BCUT2D eigenvalue weighted by Gasteiger charge is 2.18. The van der Waals surface area contributed by atoms with Gasteiger partial charge >= 0.3 is 0 Å². The van der Waals surface area contributed by atoms with E-state index in [0.29, 0.717) is 17.9 Å². The lowest BCUT2D eigenvalue weighted by molar-refractivity contribution is -0.120. The molecule has 1 aromatic carbocycles. The summed E-state index contributed by atoms with van der Waals surface area (Å²) in [5, 5.41) is 12.0. The number of ketones is 1. The smallest absolute Gasteiger partial charge is 0.243 e. The largest absolute Gasteiger partial charge is 0.391 e. The van der Waals surface area contributed by atoms with Crippen molar-refractivity contribution in [3.05, 3.63) is 29.8 Å². The quantitative estimate of drug-likeness (QED) is 0.506. The Balaban J connectivity index is 2.26. The van der Waals surface area contributed by atoms with Gasteiger partial charge in [0, 0.05) is 18.5 Å². The number of anilines is 1. The molecule has 140 valence electrons. The molecule has 0 saturated heterocycles. The predicted molar refractivity (Wildman–Crippen MR) is 101 cm³/mol. The van der Waals surface area contributed by atoms with Gasteiger partial charge in [-0.1, -0.05) is 31.9 Å². The molecule has 0 heterocycles. The van der Waals surface area contributed by atoms with E-state index in [1.807, 2.05) is 24.3 Å². The molecule has 0 radical (unpaired) electrons. The number of carbonyl (C=O) groups is 2. The van der Waals surface area contributed by atoms with Crippen LogP contribution in [0.3, 0.4) is 0 Å². The molecule has 1 aromatic rings. The van der Waals surface area contributed by atoms with E-state index in [2.05, 4.69) is 12.2 Å². The Kier molecular flexibility index (Phi) is 10.0. The van der Waals surface area contributed by atoms with E-state index in [1.165, 1.54) is 12.5 Å². The van der Waals surface area contributed by atoms with Gasteiger partial charge in [-0.25, -0.2) is 0 Å². The number of unbranched alkanes of at least 4 members (excludes halogenated alkanes) is 3. The summed E-state index contributed by atoms with van der Waals surface area (Å²) < 4.78 is 0. The molecule has 0 unspecified atom stereocenters. The Bertz CT molecular complexity index is 526. The van der Waals surface area contributed by atoms with E-state index in [1.54, 1.807) is 0 Å². The fourth-order valence-corrected chi connectivity index (χ4v) is 2.53. The molecule has 0 aliphatic rings. The topological polar surface area (TPSA) is 92.4 Å². The van der Waals surface area contributed by atoms with E-state index in [-0.39, 0.29) is 0 Å². The monoisotopic (exact) mass is 348 g/mol. The van der Waals surface area contributed by atoms with Gasteiger partial charge in [0.15, 0.2) is 0 Å². The minimum Gasteiger partial charge on any atom is -0.391 e. The van der Waals surface area contributed by atoms with Gasteiger partial charge < -0.3 is 16.2 Å². The highest BCUT2D eigenvalue weighted by molar-refractivity contribution is 5.95. The average molecular weight is 348 g/mol. The minimum absolute atomic E-state index is 0.386. The van der Waals surface area contributed by atoms with Crippen molar-refractivity contribution in [2.24, 2.45) is 5.73 Å². The summed E-state index contributed by atoms with van der Waals surface area (Å²) in [4.78, 5) is 23.4. The molecule has 1 amide bonds. The van der Waals surface area contributed by atoms with E-state index >= 15 is 0 Å². The van der Waals surface area contributed by atoms with Gasteiger partial charge in [-0.2, -0.15) is 0 Å². The minimum atomic E-state index is -0.931. The third kappa shape index (κ3) is 8.79. The van der Waals surface area contributed by atoms with Crippen LogP contribution in [0.4, 0.5) is 5.69 Å². The number of amides is 1. The summed E-state index contributed by atoms with van der Waals surface area (Å²) in [6.07, 6.45) is 6.67. The zero-order chi connectivity index (χ0) is 18.7. The standard InChI is InChI=1S/C20H32N2O3/c1-3-4-9-18(24)10-7-5-6-8-16-11-13-17(14-12-16)22-20(25)19(21)15(2)23/h11-15,19,23H,3-10,21H2,1-2H3,(H,22,25)/t15-,19+/m1/s1. The number of aryl methyl sites for hydroxylation is 1. The normalized spacial score (nSPS) is 13.3. The summed E-state index contributed by atoms with van der Waals surface area (Å²) in [5.74, 6) is -0.00663. The predicted octanol–water partition coefficient (Wildman–Crippen LogP) is 3.20. The summed E-state index contributed by atoms with van der Waals surface area (Å²) in [5.41, 5.74) is 7.47. The van der Waals surface area contributed by atoms with Crippen molar-refractivity contribution in [1.29, 1.82) is 0 Å². The van der Waals surface area contributed by atoms with Crippen LogP contribution < -0.4 is 11.1 Å². The first kappa shape index (κ1) is 21.3. The SMILES string of the molecule is CCCCC(=O)CCCCCc1ccc(NC(=O)[C@@H](N)[C@@H](C)O)cc1. The summed E-state index contributed by atoms with van der Waals surface area (Å²) >= 11 is 0. The molecular weight excluding hydrogens is 316 g/mol. The van der Waals surface area contributed by atoms with Gasteiger partial charge in [0.2, 0.25) is 5.91 Å². The van der Waals surface area contributed by atoms with Crippen molar-refractivity contribution in [3.8, 4) is 0 Å². The molecule has 2 atom stereocenters. The van der Waals surface area contributed by atoms with E-state index in [0.717, 1.165) is 44.9 Å². The number of hydrogen-bond donors (Lipinski definition) is 3. The van der Waals surface area contributed by atoms with E-state index in [9.17, 15) is 14.7 Å². The molecule has 0 saturated carbocycles. The van der Waals surface area contributed by atoms with Crippen LogP contribution in [0.5, 0.6) is 0 Å². The highest BCUT2D eigenvalue weighted by Crippen LogP contribution is 2.14. The fourth-order valence-electron chi connectivity index (χ4n) is 2.53. The van der Waals surface area contributed by atoms with Crippen LogP contribution in [0.15, 0.2) is 24.3 Å². The van der Waals surface area contributed by atoms with Crippen LogP contribution in [0.25, 0.3) is 0 Å². The second-order valence-corrected chi connectivity index (χ2v) is 6.66. The molecule has 0 fully saturated rings. The average Bonchev–Trinajstić information content (AvgIpc) is 2.60. The van der Waals surface area contributed by atoms with Crippen molar-refractivity contribution < 1.29 is 14.7 Å². The number of Topliss-reactive ketones (excluding diaryl/α,β-unsaturated/α-hetero) is 1. The first-order chi connectivity index (χ1) is 11.9. The maximum atomic E-state index is 11.8. The van der Waals surface area contributed by atoms with Gasteiger partial charge in [-0.3, -0.25) is 9.59 Å². The van der Waals surface area contributed by atoms with E-state index < -0.39 is 18.1 Å². The van der Waals surface area contributed by atoms with Crippen molar-refractivity contribution in [2.75, 3.05) is 5.32 Å². The van der Waals surface area contributed by atoms with Crippen LogP contribution in [-0.4, -0.2) is 28.9 Å². The number of aliphatic hydroxyl groups excluding tert-OH is 1. The first-order valence-corrected chi connectivity index (χ1v) is 9.29. The van der Waals surface area contributed by atoms with Crippen molar-refractivity contribution in [1.82, 2.24) is 0 Å². The van der Waals surface area contributed by atoms with Gasteiger partial charge in [0.1, 0.15) is 11.8 Å². The van der Waals surface area contributed by atoms with Gasteiger partial charge in [0.05, 0.1) is 6.10 Å². The number of aliphatic hydroxyl groups is 1. The van der Waals surface area contributed by atoms with Crippen LogP contribution in [0, 0.1) is 0 Å². The van der Waals surface area contributed by atoms with Gasteiger partial charge in [-0.15, -0.1) is 0 Å². The molecule has 0 aliphatic carbocycles. The number of rotatable bonds is 12. The second-order valence-electron chi connectivity index (χ2n) is 6.66. The number of nitrogens with two attached hydrogens (primary N) is 1. The molecular formula is C20H32N2O3. The summed E-state index contributed by atoms with van der Waals surface area (Å²) in [7, 11) is 0. The van der Waals surface area contributed by atoms with Gasteiger partial charge in [0.25, 0.3) is 0 Å². The van der Waals surface area contributed by atoms with Crippen molar-refractivity contribution >= 4 is 17.4 Å². The molecule has 1 rings (SSSR count). The Morgan fingerprint density at radius 1 is 1.08 bits per heavy atom. The second kappa shape index (κ2) is 11.8. The van der Waals surface area contributed by atoms with Crippen molar-refractivity contribution in [2.45, 2.75) is 77.4 Å². The Labute approximate surface area is 151 Å². The van der Waals surface area contributed by atoms with Crippen LogP contribution in [0.2, 0.25) is 0 Å². The summed E-state index contributed by atoms with van der Waals surface area (Å²) in [6.45, 7) is 3.59. The molecule has 0 aromatic heterocycles. The summed E-state index contributed by atoms with van der Waals surface area (Å²) in [6, 6.07) is 6.72. The first-order valence-electron chi connectivity index (χ1n) is 9.29. The number of benzene rings is 1. The lowest BCUT2D eigenvalue weighted by Crippen LogP contribution is -2.43. The zero-order valence-electron chi connectivity index (χ0n) is 15.5. The molecule has 5 heteroatoms. The lowest BCUT2D eigenvalue weighted by Gasteiger charge is -2.14. The van der Waals surface area contributed by atoms with Crippen molar-refractivity contribution in [3.63, 3.8) is 0 Å². The Hall–Kier alpha value is -1.72. The highest BCUT2D eigenvalue weighted by atomic mass is 16.3. The third-order valence-corrected chi connectivity index (χ3v) is 4.27. The molecule has 4 N–H and O–H groups in total. The lowest BCUT2D eigenvalue weighted by atomic mass is 10.0. The number of nitrogens with one attached hydrogen (secondary N) is 1. The third-order valence-electron chi connectivity index (χ3n) is 4.27. The maximum Gasteiger partial charge on any atom is 0.243 e. The van der Waals surface area contributed by atoms with Crippen LogP contribution in [-0.2, 0) is 16.0 Å². The maximum absolute atomic E-state index is 11.8. The molecule has 0 bridgehead atoms. The van der Waals surface area contributed by atoms with Gasteiger partial charge in [-0.05, 0) is 50.3 Å². The molecule has 25 heavy (non-hydrogen) atoms. The number of carbonyl (C=O) groups excluding carboxylic acids is 2. The van der Waals surface area contributed by atoms with Crippen LogP contribution >= 0.6 is 0 Å². The molecule has 0 spiro atoms. The number of hydrogen-bond acceptors (Lipinski definition) is 4.